The predicted molar refractivity (Wildman–Crippen MR) is 94.1 cm³/mol. The molecule has 2 aromatic rings. The van der Waals surface area contributed by atoms with E-state index in [-0.39, 0.29) is 17.4 Å². The minimum absolute atomic E-state index is 0.157. The van der Waals surface area contributed by atoms with Gasteiger partial charge in [0.25, 0.3) is 0 Å². The SMILES string of the molecule is COc1ccc(CNS(=O)(=O)c2cc(C(C)C)ccc2OC)cc1. The van der Waals surface area contributed by atoms with Crippen LogP contribution in [0.3, 0.4) is 0 Å². The molecule has 0 atom stereocenters. The molecular formula is C18H23NO4S. The van der Waals surface area contributed by atoms with Gasteiger partial charge in [-0.15, -0.1) is 0 Å². The van der Waals surface area contributed by atoms with E-state index in [1.165, 1.54) is 7.11 Å². The zero-order chi connectivity index (χ0) is 17.7. The van der Waals surface area contributed by atoms with Crippen molar-refractivity contribution in [2.24, 2.45) is 0 Å². The zero-order valence-electron chi connectivity index (χ0n) is 14.4. The van der Waals surface area contributed by atoms with Crippen molar-refractivity contribution in [1.29, 1.82) is 0 Å². The molecule has 2 aromatic carbocycles. The van der Waals surface area contributed by atoms with E-state index in [1.54, 1.807) is 31.4 Å². The summed E-state index contributed by atoms with van der Waals surface area (Å²) in [6.07, 6.45) is 0. The molecule has 1 N–H and O–H groups in total. The summed E-state index contributed by atoms with van der Waals surface area (Å²) in [5.74, 6) is 1.29. The van der Waals surface area contributed by atoms with Crippen LogP contribution in [0.15, 0.2) is 47.4 Å². The first kappa shape index (κ1) is 18.3. The van der Waals surface area contributed by atoms with Gasteiger partial charge in [-0.25, -0.2) is 13.1 Å². The molecule has 0 radical (unpaired) electrons. The number of ether oxygens (including phenoxy) is 2. The Kier molecular flexibility index (Phi) is 5.85. The van der Waals surface area contributed by atoms with E-state index in [2.05, 4.69) is 4.72 Å². The van der Waals surface area contributed by atoms with Crippen molar-refractivity contribution >= 4 is 10.0 Å². The Hall–Kier alpha value is -2.05. The number of hydrogen-bond acceptors (Lipinski definition) is 4. The maximum absolute atomic E-state index is 12.7. The molecule has 5 nitrogen and oxygen atoms in total. The van der Waals surface area contributed by atoms with Gasteiger partial charge in [-0.05, 0) is 41.3 Å². The van der Waals surface area contributed by atoms with E-state index in [0.717, 1.165) is 16.9 Å². The van der Waals surface area contributed by atoms with Crippen LogP contribution in [0.25, 0.3) is 0 Å². The highest BCUT2D eigenvalue weighted by Crippen LogP contribution is 2.28. The minimum Gasteiger partial charge on any atom is -0.497 e. The van der Waals surface area contributed by atoms with Gasteiger partial charge < -0.3 is 9.47 Å². The first-order valence-electron chi connectivity index (χ1n) is 7.68. The van der Waals surface area contributed by atoms with Gasteiger partial charge in [0.15, 0.2) is 0 Å². The topological polar surface area (TPSA) is 64.6 Å². The molecule has 0 aromatic heterocycles. The molecule has 130 valence electrons. The third kappa shape index (κ3) is 4.27. The Morgan fingerprint density at radius 1 is 1.00 bits per heavy atom. The van der Waals surface area contributed by atoms with E-state index in [1.807, 2.05) is 32.0 Å². The van der Waals surface area contributed by atoms with Crippen LogP contribution in [-0.4, -0.2) is 22.6 Å². The van der Waals surface area contributed by atoms with Crippen LogP contribution in [-0.2, 0) is 16.6 Å². The highest BCUT2D eigenvalue weighted by molar-refractivity contribution is 7.89. The Morgan fingerprint density at radius 3 is 2.21 bits per heavy atom. The Balaban J connectivity index is 2.24. The molecule has 0 bridgehead atoms. The molecule has 0 aliphatic rings. The molecule has 0 heterocycles. The van der Waals surface area contributed by atoms with Gasteiger partial charge in [0.1, 0.15) is 16.4 Å². The van der Waals surface area contributed by atoms with E-state index in [0.29, 0.717) is 5.75 Å². The molecule has 0 fully saturated rings. The van der Waals surface area contributed by atoms with Crippen molar-refractivity contribution in [1.82, 2.24) is 4.72 Å². The minimum atomic E-state index is -3.68. The third-order valence-electron chi connectivity index (χ3n) is 3.77. The van der Waals surface area contributed by atoms with E-state index in [4.69, 9.17) is 9.47 Å². The largest absolute Gasteiger partial charge is 0.497 e. The quantitative estimate of drug-likeness (QED) is 0.833. The molecule has 0 spiro atoms. The smallest absolute Gasteiger partial charge is 0.244 e. The molecule has 0 unspecified atom stereocenters. The van der Waals surface area contributed by atoms with Gasteiger partial charge in [0.05, 0.1) is 14.2 Å². The highest BCUT2D eigenvalue weighted by Gasteiger charge is 2.20. The first-order valence-corrected chi connectivity index (χ1v) is 9.16. The summed E-state index contributed by atoms with van der Waals surface area (Å²) in [7, 11) is -0.625. The average Bonchev–Trinajstić information content (AvgIpc) is 2.59. The van der Waals surface area contributed by atoms with Gasteiger partial charge >= 0.3 is 0 Å². The lowest BCUT2D eigenvalue weighted by Crippen LogP contribution is -2.24. The molecule has 6 heteroatoms. The summed E-state index contributed by atoms with van der Waals surface area (Å²) in [4.78, 5) is 0.157. The van der Waals surface area contributed by atoms with Crippen molar-refractivity contribution in [3.8, 4) is 11.5 Å². The Morgan fingerprint density at radius 2 is 1.67 bits per heavy atom. The number of sulfonamides is 1. The number of benzene rings is 2. The number of methoxy groups -OCH3 is 2. The number of nitrogens with one attached hydrogen (secondary N) is 1. The summed E-state index contributed by atoms with van der Waals surface area (Å²) in [5.41, 5.74) is 1.79. The van der Waals surface area contributed by atoms with Gasteiger partial charge in [-0.1, -0.05) is 32.0 Å². The average molecular weight is 349 g/mol. The molecule has 0 saturated heterocycles. The Labute approximate surface area is 143 Å². The lowest BCUT2D eigenvalue weighted by Gasteiger charge is -2.14. The number of rotatable bonds is 7. The fraction of sp³-hybridized carbons (Fsp3) is 0.333. The normalized spacial score (nSPS) is 11.5. The van der Waals surface area contributed by atoms with Gasteiger partial charge in [0.2, 0.25) is 10.0 Å². The molecule has 0 amide bonds. The van der Waals surface area contributed by atoms with Crippen molar-refractivity contribution in [3.05, 3.63) is 53.6 Å². The van der Waals surface area contributed by atoms with Gasteiger partial charge in [-0.3, -0.25) is 0 Å². The van der Waals surface area contributed by atoms with Crippen LogP contribution in [0, 0.1) is 0 Å². The second kappa shape index (κ2) is 7.68. The summed E-state index contributed by atoms with van der Waals surface area (Å²) >= 11 is 0. The molecule has 2 rings (SSSR count). The maximum atomic E-state index is 12.7. The van der Waals surface area contributed by atoms with E-state index >= 15 is 0 Å². The molecule has 0 aliphatic heterocycles. The zero-order valence-corrected chi connectivity index (χ0v) is 15.2. The van der Waals surface area contributed by atoms with Crippen molar-refractivity contribution < 1.29 is 17.9 Å². The second-order valence-corrected chi connectivity index (χ2v) is 7.47. The fourth-order valence-corrected chi connectivity index (χ4v) is 3.48. The standard InChI is InChI=1S/C18H23NO4S/c1-13(2)15-7-10-17(23-4)18(11-15)24(20,21)19-12-14-5-8-16(22-3)9-6-14/h5-11,13,19H,12H2,1-4H3. The van der Waals surface area contributed by atoms with Crippen LogP contribution in [0.4, 0.5) is 0 Å². The van der Waals surface area contributed by atoms with E-state index in [9.17, 15) is 8.42 Å². The maximum Gasteiger partial charge on any atom is 0.244 e. The number of hydrogen-bond donors (Lipinski definition) is 1. The molecular weight excluding hydrogens is 326 g/mol. The highest BCUT2D eigenvalue weighted by atomic mass is 32.2. The summed E-state index contributed by atoms with van der Waals surface area (Å²) in [6.45, 7) is 4.23. The lowest BCUT2D eigenvalue weighted by molar-refractivity contribution is 0.402. The van der Waals surface area contributed by atoms with Crippen molar-refractivity contribution in [3.63, 3.8) is 0 Å². The predicted octanol–water partition coefficient (Wildman–Crippen LogP) is 3.31. The van der Waals surface area contributed by atoms with Crippen LogP contribution in [0.2, 0.25) is 0 Å². The third-order valence-corrected chi connectivity index (χ3v) is 5.19. The first-order chi connectivity index (χ1) is 11.4. The molecule has 24 heavy (non-hydrogen) atoms. The van der Waals surface area contributed by atoms with Gasteiger partial charge in [0, 0.05) is 6.54 Å². The Bertz CT molecular complexity index is 783. The van der Waals surface area contributed by atoms with Crippen LogP contribution in [0.1, 0.15) is 30.9 Å². The molecule has 0 saturated carbocycles. The summed E-state index contributed by atoms with van der Waals surface area (Å²) < 4.78 is 38.3. The van der Waals surface area contributed by atoms with Crippen molar-refractivity contribution in [2.45, 2.75) is 31.2 Å². The van der Waals surface area contributed by atoms with Crippen LogP contribution in [0.5, 0.6) is 11.5 Å². The van der Waals surface area contributed by atoms with Gasteiger partial charge in [-0.2, -0.15) is 0 Å². The summed E-state index contributed by atoms with van der Waals surface area (Å²) in [5, 5.41) is 0. The second-order valence-electron chi connectivity index (χ2n) is 5.74. The molecule has 0 aliphatic carbocycles. The van der Waals surface area contributed by atoms with Crippen molar-refractivity contribution in [2.75, 3.05) is 14.2 Å². The van der Waals surface area contributed by atoms with Crippen LogP contribution >= 0.6 is 0 Å². The van der Waals surface area contributed by atoms with E-state index < -0.39 is 10.0 Å². The van der Waals surface area contributed by atoms with Crippen LogP contribution < -0.4 is 14.2 Å². The summed E-state index contributed by atoms with van der Waals surface area (Å²) in [6, 6.07) is 12.5. The fourth-order valence-electron chi connectivity index (χ4n) is 2.26. The lowest BCUT2D eigenvalue weighted by atomic mass is 10.0. The monoisotopic (exact) mass is 349 g/mol.